The Bertz CT molecular complexity index is 1100. The Morgan fingerprint density at radius 1 is 1.00 bits per heavy atom. The summed E-state index contributed by atoms with van der Waals surface area (Å²) in [6.45, 7) is 10.9. The van der Waals surface area contributed by atoms with Crippen LogP contribution in [0, 0.1) is 0 Å². The number of halogens is 3. The molecule has 2 aromatic carbocycles. The van der Waals surface area contributed by atoms with E-state index in [4.69, 9.17) is 5.73 Å². The van der Waals surface area contributed by atoms with E-state index in [1.54, 1.807) is 0 Å². The van der Waals surface area contributed by atoms with E-state index in [1.807, 2.05) is 0 Å². The molecule has 214 valence electrons. The molecule has 0 aliphatic carbocycles. The smallest absolute Gasteiger partial charge is 0.382 e. The Hall–Kier alpha value is -1.94. The third-order valence-electron chi connectivity index (χ3n) is 8.31. The van der Waals surface area contributed by atoms with Crippen LogP contribution in [0.4, 0.5) is 24.5 Å². The lowest BCUT2D eigenvalue weighted by Crippen LogP contribution is -2.43. The van der Waals surface area contributed by atoms with Crippen LogP contribution in [0.2, 0.25) is 0 Å². The van der Waals surface area contributed by atoms with E-state index in [2.05, 4.69) is 45.1 Å². The number of alkyl halides is 3. The zero-order valence-electron chi connectivity index (χ0n) is 23.0. The first-order chi connectivity index (χ1) is 18.8. The molecule has 3 aliphatic rings. The standard InChI is InChI=1S/C30H42F3N5S/c1-2-10-36(15-9-34)16-17-37-13-7-24(8-14-37)35-27-19-23(30(31,32)33)20-29-26(27)18-22-5-6-25(21-28(22)39-29)38-11-3-4-12-38/h5-6,19-21,24,35H,2-4,7-18,34H2,1H3. The number of nitrogens with zero attached hydrogens (tertiary/aromatic N) is 3. The maximum atomic E-state index is 13.9. The number of hydrogen-bond acceptors (Lipinski definition) is 6. The summed E-state index contributed by atoms with van der Waals surface area (Å²) in [4.78, 5) is 9.08. The minimum absolute atomic E-state index is 0.175. The highest BCUT2D eigenvalue weighted by Crippen LogP contribution is 2.46. The number of rotatable bonds is 10. The Kier molecular flexibility index (Phi) is 9.31. The van der Waals surface area contributed by atoms with Crippen molar-refractivity contribution in [3.05, 3.63) is 47.0 Å². The summed E-state index contributed by atoms with van der Waals surface area (Å²) in [6, 6.07) is 9.39. The van der Waals surface area contributed by atoms with Crippen LogP contribution < -0.4 is 16.0 Å². The van der Waals surface area contributed by atoms with Gasteiger partial charge in [0.25, 0.3) is 0 Å². The maximum Gasteiger partial charge on any atom is 0.416 e. The number of piperidine rings is 1. The summed E-state index contributed by atoms with van der Waals surface area (Å²) in [6.07, 6.45) is 1.66. The van der Waals surface area contributed by atoms with Crippen molar-refractivity contribution in [2.75, 3.05) is 69.1 Å². The molecule has 3 aliphatic heterocycles. The van der Waals surface area contributed by atoms with Crippen molar-refractivity contribution in [3.63, 3.8) is 0 Å². The van der Waals surface area contributed by atoms with Crippen molar-refractivity contribution >= 4 is 23.1 Å². The molecule has 0 amide bonds. The van der Waals surface area contributed by atoms with Crippen LogP contribution in [0.5, 0.6) is 0 Å². The quantitative estimate of drug-likeness (QED) is 0.321. The number of anilines is 2. The second-order valence-corrected chi connectivity index (χ2v) is 12.2. The van der Waals surface area contributed by atoms with Gasteiger partial charge in [-0.2, -0.15) is 13.2 Å². The minimum atomic E-state index is -4.37. The maximum absolute atomic E-state index is 13.9. The van der Waals surface area contributed by atoms with E-state index in [0.717, 1.165) is 87.0 Å². The molecule has 2 aromatic rings. The highest BCUT2D eigenvalue weighted by molar-refractivity contribution is 7.99. The summed E-state index contributed by atoms with van der Waals surface area (Å²) in [5.41, 5.74) is 9.22. The number of benzene rings is 2. The van der Waals surface area contributed by atoms with Crippen molar-refractivity contribution in [1.82, 2.24) is 9.80 Å². The van der Waals surface area contributed by atoms with E-state index >= 15 is 0 Å². The van der Waals surface area contributed by atoms with Crippen molar-refractivity contribution < 1.29 is 13.2 Å². The van der Waals surface area contributed by atoms with E-state index in [1.165, 1.54) is 48.0 Å². The van der Waals surface area contributed by atoms with Crippen LogP contribution >= 0.6 is 11.8 Å². The van der Waals surface area contributed by atoms with Gasteiger partial charge in [0.15, 0.2) is 0 Å². The fourth-order valence-corrected chi connectivity index (χ4v) is 7.29. The van der Waals surface area contributed by atoms with Gasteiger partial charge in [-0.1, -0.05) is 24.8 Å². The van der Waals surface area contributed by atoms with Crippen LogP contribution in [0.25, 0.3) is 0 Å². The van der Waals surface area contributed by atoms with E-state index in [-0.39, 0.29) is 6.04 Å². The van der Waals surface area contributed by atoms with Crippen LogP contribution in [-0.4, -0.2) is 74.7 Å². The van der Waals surface area contributed by atoms with Gasteiger partial charge in [0.1, 0.15) is 0 Å². The molecule has 3 N–H and O–H groups in total. The summed E-state index contributed by atoms with van der Waals surface area (Å²) in [5.74, 6) is 0. The molecule has 2 fully saturated rings. The average molecular weight is 562 g/mol. The number of likely N-dealkylation sites (tertiary alicyclic amines) is 1. The molecule has 0 atom stereocenters. The lowest BCUT2D eigenvalue weighted by atomic mass is 9.98. The normalized spacial score (nSPS) is 18.5. The molecule has 0 unspecified atom stereocenters. The van der Waals surface area contributed by atoms with Gasteiger partial charge in [-0.15, -0.1) is 0 Å². The molecule has 0 spiro atoms. The first-order valence-electron chi connectivity index (χ1n) is 14.5. The molecule has 0 aromatic heterocycles. The second-order valence-electron chi connectivity index (χ2n) is 11.2. The van der Waals surface area contributed by atoms with Gasteiger partial charge in [0.2, 0.25) is 0 Å². The monoisotopic (exact) mass is 561 g/mol. The fraction of sp³-hybridized carbons (Fsp3) is 0.600. The third kappa shape index (κ3) is 7.04. The third-order valence-corrected chi connectivity index (χ3v) is 9.49. The molecule has 3 heterocycles. The molecular formula is C30H42F3N5S. The van der Waals surface area contributed by atoms with Gasteiger partial charge >= 0.3 is 6.18 Å². The van der Waals surface area contributed by atoms with Gasteiger partial charge < -0.3 is 25.8 Å². The Morgan fingerprint density at radius 3 is 2.46 bits per heavy atom. The first kappa shape index (κ1) is 28.6. The summed E-state index contributed by atoms with van der Waals surface area (Å²) in [5, 5.41) is 3.56. The van der Waals surface area contributed by atoms with E-state index in [0.29, 0.717) is 18.7 Å². The van der Waals surface area contributed by atoms with Crippen LogP contribution in [0.3, 0.4) is 0 Å². The van der Waals surface area contributed by atoms with Crippen molar-refractivity contribution in [3.8, 4) is 0 Å². The lowest BCUT2D eigenvalue weighted by Gasteiger charge is -2.35. The van der Waals surface area contributed by atoms with Crippen molar-refractivity contribution in [2.45, 2.75) is 67.5 Å². The summed E-state index contributed by atoms with van der Waals surface area (Å²) >= 11 is 1.49. The summed E-state index contributed by atoms with van der Waals surface area (Å²) < 4.78 is 41.8. The molecule has 5 nitrogen and oxygen atoms in total. The highest BCUT2D eigenvalue weighted by Gasteiger charge is 2.34. The van der Waals surface area contributed by atoms with Crippen LogP contribution in [0.15, 0.2) is 40.1 Å². The minimum Gasteiger partial charge on any atom is -0.382 e. The lowest BCUT2D eigenvalue weighted by molar-refractivity contribution is -0.137. The Labute approximate surface area is 235 Å². The number of nitrogens with one attached hydrogen (secondary N) is 1. The van der Waals surface area contributed by atoms with Crippen molar-refractivity contribution in [2.24, 2.45) is 5.73 Å². The number of nitrogens with two attached hydrogens (primary N) is 1. The van der Waals surface area contributed by atoms with Gasteiger partial charge in [-0.3, -0.25) is 0 Å². The van der Waals surface area contributed by atoms with Gasteiger partial charge in [-0.25, -0.2) is 0 Å². The number of hydrogen-bond donors (Lipinski definition) is 2. The van der Waals surface area contributed by atoms with Gasteiger partial charge in [0, 0.05) is 86.0 Å². The highest BCUT2D eigenvalue weighted by atomic mass is 32.2. The summed E-state index contributed by atoms with van der Waals surface area (Å²) in [7, 11) is 0. The molecule has 0 bridgehead atoms. The van der Waals surface area contributed by atoms with Gasteiger partial charge in [-0.05, 0) is 74.0 Å². The molecule has 0 saturated carbocycles. The predicted octanol–water partition coefficient (Wildman–Crippen LogP) is 5.91. The van der Waals surface area contributed by atoms with Crippen molar-refractivity contribution in [1.29, 1.82) is 0 Å². The van der Waals surface area contributed by atoms with E-state index in [9.17, 15) is 13.2 Å². The molecule has 2 saturated heterocycles. The number of fused-ring (bicyclic) bond motifs is 2. The zero-order valence-corrected chi connectivity index (χ0v) is 23.8. The van der Waals surface area contributed by atoms with Crippen LogP contribution in [-0.2, 0) is 12.6 Å². The van der Waals surface area contributed by atoms with Crippen LogP contribution in [0.1, 0.15) is 55.7 Å². The van der Waals surface area contributed by atoms with E-state index < -0.39 is 11.7 Å². The molecular weight excluding hydrogens is 519 g/mol. The first-order valence-corrected chi connectivity index (χ1v) is 15.4. The Morgan fingerprint density at radius 2 is 1.77 bits per heavy atom. The average Bonchev–Trinajstić information content (AvgIpc) is 3.46. The SMILES string of the molecule is CCCN(CCN)CCN1CCC(Nc2cc(C(F)(F)F)cc3c2Cc2ccc(N4CCCC4)cc2S3)CC1. The molecule has 39 heavy (non-hydrogen) atoms. The molecule has 0 radical (unpaired) electrons. The molecule has 9 heteroatoms. The molecule has 5 rings (SSSR count). The zero-order chi connectivity index (χ0) is 27.4. The largest absolute Gasteiger partial charge is 0.416 e. The topological polar surface area (TPSA) is 47.8 Å². The Balaban J connectivity index is 1.27. The second kappa shape index (κ2) is 12.7. The van der Waals surface area contributed by atoms with Gasteiger partial charge in [0.05, 0.1) is 5.56 Å². The fourth-order valence-electron chi connectivity index (χ4n) is 6.11. The predicted molar refractivity (Wildman–Crippen MR) is 155 cm³/mol.